The SMILES string of the molecule is COc1ccc(CCN(c2nc3cccc(F)c3s2)C(C)c2ccc(C(=O)O)cc2)cc1C. The Kier molecular flexibility index (Phi) is 6.60. The van der Waals surface area contributed by atoms with Gasteiger partial charge in [-0.15, -0.1) is 0 Å². The summed E-state index contributed by atoms with van der Waals surface area (Å²) in [7, 11) is 1.66. The highest BCUT2D eigenvalue weighted by Crippen LogP contribution is 2.35. The molecule has 1 atom stereocenters. The number of aromatic nitrogens is 1. The molecule has 4 aromatic rings. The zero-order valence-electron chi connectivity index (χ0n) is 18.7. The van der Waals surface area contributed by atoms with Gasteiger partial charge in [0.05, 0.1) is 28.9 Å². The number of rotatable bonds is 8. The summed E-state index contributed by atoms with van der Waals surface area (Å²) in [6.07, 6.45) is 0.765. The van der Waals surface area contributed by atoms with Gasteiger partial charge in [-0.1, -0.05) is 41.7 Å². The van der Waals surface area contributed by atoms with E-state index in [0.717, 1.165) is 28.4 Å². The van der Waals surface area contributed by atoms with E-state index in [0.29, 0.717) is 16.8 Å². The molecule has 0 saturated heterocycles. The standard InChI is InChI=1S/C26H25FN2O3S/c1-16-15-18(7-12-23(16)32-3)13-14-29(17(2)19-8-10-20(11-9-19)25(30)31)26-28-22-6-4-5-21(27)24(22)33-26/h4-12,15,17H,13-14H2,1-3H3,(H,30,31). The largest absolute Gasteiger partial charge is 0.496 e. The van der Waals surface area contributed by atoms with Crippen molar-refractivity contribution in [2.45, 2.75) is 26.3 Å². The monoisotopic (exact) mass is 464 g/mol. The van der Waals surface area contributed by atoms with Crippen LogP contribution in [0.15, 0.2) is 60.7 Å². The average molecular weight is 465 g/mol. The van der Waals surface area contributed by atoms with Gasteiger partial charge < -0.3 is 14.7 Å². The average Bonchev–Trinajstić information content (AvgIpc) is 3.24. The van der Waals surface area contributed by atoms with E-state index in [1.807, 2.05) is 37.3 Å². The second-order valence-corrected chi connectivity index (χ2v) is 8.91. The van der Waals surface area contributed by atoms with Gasteiger partial charge in [-0.05, 0) is 67.3 Å². The number of thiazole rings is 1. The molecule has 4 rings (SSSR count). The number of hydrogen-bond acceptors (Lipinski definition) is 5. The van der Waals surface area contributed by atoms with Crippen molar-refractivity contribution in [2.75, 3.05) is 18.6 Å². The Morgan fingerprint density at radius 1 is 1.18 bits per heavy atom. The molecule has 1 heterocycles. The lowest BCUT2D eigenvalue weighted by atomic mass is 10.0. The minimum Gasteiger partial charge on any atom is -0.496 e. The van der Waals surface area contributed by atoms with Crippen LogP contribution in [0.2, 0.25) is 0 Å². The summed E-state index contributed by atoms with van der Waals surface area (Å²) in [6, 6.07) is 17.8. The third kappa shape index (κ3) is 4.83. The summed E-state index contributed by atoms with van der Waals surface area (Å²) in [5.41, 5.74) is 4.08. The van der Waals surface area contributed by atoms with Crippen LogP contribution in [0, 0.1) is 12.7 Å². The van der Waals surface area contributed by atoms with Gasteiger partial charge >= 0.3 is 5.97 Å². The van der Waals surface area contributed by atoms with E-state index in [9.17, 15) is 14.3 Å². The lowest BCUT2D eigenvalue weighted by Gasteiger charge is -2.29. The maximum atomic E-state index is 14.4. The molecule has 1 N–H and O–H groups in total. The number of benzene rings is 3. The number of carbonyl (C=O) groups is 1. The molecule has 7 heteroatoms. The van der Waals surface area contributed by atoms with Crippen LogP contribution in [0.3, 0.4) is 0 Å². The molecule has 3 aromatic carbocycles. The van der Waals surface area contributed by atoms with Crippen molar-refractivity contribution >= 4 is 32.7 Å². The van der Waals surface area contributed by atoms with E-state index in [1.165, 1.54) is 23.0 Å². The zero-order valence-corrected chi connectivity index (χ0v) is 19.5. The van der Waals surface area contributed by atoms with Crippen LogP contribution in [0.5, 0.6) is 5.75 Å². The molecule has 0 aliphatic heterocycles. The highest BCUT2D eigenvalue weighted by atomic mass is 32.1. The minimum atomic E-state index is -0.956. The first-order valence-electron chi connectivity index (χ1n) is 10.7. The summed E-state index contributed by atoms with van der Waals surface area (Å²) in [5, 5.41) is 9.95. The molecular formula is C26H25FN2O3S. The second-order valence-electron chi connectivity index (χ2n) is 7.94. The first-order valence-corrected chi connectivity index (χ1v) is 11.5. The molecule has 5 nitrogen and oxygen atoms in total. The van der Waals surface area contributed by atoms with Crippen molar-refractivity contribution in [1.29, 1.82) is 0 Å². The van der Waals surface area contributed by atoms with Crippen LogP contribution >= 0.6 is 11.3 Å². The van der Waals surface area contributed by atoms with Crippen molar-refractivity contribution in [1.82, 2.24) is 4.98 Å². The molecule has 0 fully saturated rings. The fraction of sp³-hybridized carbons (Fsp3) is 0.231. The molecule has 0 aliphatic rings. The number of carboxylic acids is 1. The fourth-order valence-corrected chi connectivity index (χ4v) is 4.99. The Morgan fingerprint density at radius 2 is 1.94 bits per heavy atom. The number of aromatic carboxylic acids is 1. The Hall–Kier alpha value is -3.45. The summed E-state index contributed by atoms with van der Waals surface area (Å²) >= 11 is 1.33. The van der Waals surface area contributed by atoms with E-state index < -0.39 is 5.97 Å². The van der Waals surface area contributed by atoms with E-state index in [4.69, 9.17) is 9.72 Å². The smallest absolute Gasteiger partial charge is 0.335 e. The number of ether oxygens (including phenoxy) is 1. The third-order valence-corrected chi connectivity index (χ3v) is 6.93. The van der Waals surface area contributed by atoms with Gasteiger partial charge in [0.15, 0.2) is 5.13 Å². The molecule has 1 aromatic heterocycles. The molecule has 0 spiro atoms. The minimum absolute atomic E-state index is 0.0872. The molecule has 0 aliphatic carbocycles. The van der Waals surface area contributed by atoms with Gasteiger partial charge in [-0.2, -0.15) is 0 Å². The maximum Gasteiger partial charge on any atom is 0.335 e. The quantitative estimate of drug-likeness (QED) is 0.333. The molecule has 1 unspecified atom stereocenters. The van der Waals surface area contributed by atoms with Crippen molar-refractivity contribution in [3.8, 4) is 5.75 Å². The van der Waals surface area contributed by atoms with Crippen LogP contribution in [0.1, 0.15) is 40.0 Å². The van der Waals surface area contributed by atoms with E-state index in [1.54, 1.807) is 25.3 Å². The van der Waals surface area contributed by atoms with E-state index >= 15 is 0 Å². The number of nitrogens with zero attached hydrogens (tertiary/aromatic N) is 2. The molecule has 170 valence electrons. The highest BCUT2D eigenvalue weighted by molar-refractivity contribution is 7.22. The number of aryl methyl sites for hydroxylation is 1. The van der Waals surface area contributed by atoms with Crippen LogP contribution in [0.25, 0.3) is 10.2 Å². The lowest BCUT2D eigenvalue weighted by Crippen LogP contribution is -2.29. The normalized spacial score (nSPS) is 12.0. The van der Waals surface area contributed by atoms with Crippen LogP contribution < -0.4 is 9.64 Å². The third-order valence-electron chi connectivity index (χ3n) is 5.81. The summed E-state index contributed by atoms with van der Waals surface area (Å²) < 4.78 is 20.3. The van der Waals surface area contributed by atoms with Gasteiger partial charge in [0.2, 0.25) is 0 Å². The molecule has 0 radical (unpaired) electrons. The fourth-order valence-electron chi connectivity index (χ4n) is 3.91. The van der Waals surface area contributed by atoms with Crippen LogP contribution in [-0.4, -0.2) is 29.7 Å². The first-order chi connectivity index (χ1) is 15.9. The summed E-state index contributed by atoms with van der Waals surface area (Å²) in [6.45, 7) is 4.73. The van der Waals surface area contributed by atoms with E-state index in [-0.39, 0.29) is 17.4 Å². The summed E-state index contributed by atoms with van der Waals surface area (Å²) in [5.74, 6) is -0.382. The lowest BCUT2D eigenvalue weighted by molar-refractivity contribution is 0.0697. The van der Waals surface area contributed by atoms with Crippen LogP contribution in [-0.2, 0) is 6.42 Å². The molecular weight excluding hydrogens is 439 g/mol. The Bertz CT molecular complexity index is 1290. The van der Waals surface area contributed by atoms with Gasteiger partial charge in [0.1, 0.15) is 11.6 Å². The molecule has 0 saturated carbocycles. The molecule has 0 bridgehead atoms. The molecule has 0 amide bonds. The van der Waals surface area contributed by atoms with Crippen molar-refractivity contribution in [3.63, 3.8) is 0 Å². The Labute approximate surface area is 196 Å². The number of anilines is 1. The van der Waals surface area contributed by atoms with Crippen LogP contribution in [0.4, 0.5) is 9.52 Å². The summed E-state index contributed by atoms with van der Waals surface area (Å²) in [4.78, 5) is 18.1. The van der Waals surface area contributed by atoms with Gasteiger partial charge in [0, 0.05) is 6.54 Å². The predicted octanol–water partition coefficient (Wildman–Crippen LogP) is 6.26. The Morgan fingerprint density at radius 3 is 2.58 bits per heavy atom. The van der Waals surface area contributed by atoms with Gasteiger partial charge in [-0.3, -0.25) is 0 Å². The van der Waals surface area contributed by atoms with Crippen molar-refractivity contribution in [2.24, 2.45) is 0 Å². The maximum absolute atomic E-state index is 14.4. The highest BCUT2D eigenvalue weighted by Gasteiger charge is 2.21. The molecule has 33 heavy (non-hydrogen) atoms. The Balaban J connectivity index is 1.67. The number of methoxy groups -OCH3 is 1. The number of halogens is 1. The van der Waals surface area contributed by atoms with Crippen molar-refractivity contribution in [3.05, 3.63) is 88.7 Å². The number of hydrogen-bond donors (Lipinski definition) is 1. The second kappa shape index (κ2) is 9.58. The zero-order chi connectivity index (χ0) is 23.5. The number of carboxylic acid groups (broad SMARTS) is 1. The van der Waals surface area contributed by atoms with Gasteiger partial charge in [-0.25, -0.2) is 14.2 Å². The topological polar surface area (TPSA) is 62.7 Å². The number of fused-ring (bicyclic) bond motifs is 1. The van der Waals surface area contributed by atoms with E-state index in [2.05, 4.69) is 17.9 Å². The predicted molar refractivity (Wildman–Crippen MR) is 130 cm³/mol. The van der Waals surface area contributed by atoms with Crippen molar-refractivity contribution < 1.29 is 19.0 Å². The van der Waals surface area contributed by atoms with Gasteiger partial charge in [0.25, 0.3) is 0 Å². The first kappa shape index (κ1) is 22.7.